The summed E-state index contributed by atoms with van der Waals surface area (Å²) in [5.41, 5.74) is 3.64. The highest BCUT2D eigenvalue weighted by atomic mass is 16.3. The number of carbonyl (C=O) groups is 1. The van der Waals surface area contributed by atoms with Gasteiger partial charge in [0, 0.05) is 5.69 Å². The molecule has 2 N–H and O–H groups in total. The summed E-state index contributed by atoms with van der Waals surface area (Å²) in [6, 6.07) is 15.3. The number of aliphatic hydroxyl groups excluding tert-OH is 1. The van der Waals surface area contributed by atoms with Gasteiger partial charge < -0.3 is 10.4 Å². The van der Waals surface area contributed by atoms with Crippen LogP contribution in [0.2, 0.25) is 0 Å². The van der Waals surface area contributed by atoms with E-state index in [0.29, 0.717) is 12.2 Å². The molecule has 1 aromatic heterocycles. The second-order valence-corrected chi connectivity index (χ2v) is 5.55. The Balaban J connectivity index is 1.72. The second kappa shape index (κ2) is 7.06. The number of aliphatic hydroxyl groups is 1. The van der Waals surface area contributed by atoms with E-state index in [1.165, 1.54) is 0 Å². The highest BCUT2D eigenvalue weighted by molar-refractivity contribution is 6.03. The van der Waals surface area contributed by atoms with Crippen molar-refractivity contribution in [3.05, 3.63) is 77.1 Å². The minimum atomic E-state index is -0.326. The fourth-order valence-electron chi connectivity index (χ4n) is 2.34. The van der Waals surface area contributed by atoms with Gasteiger partial charge in [0.05, 0.1) is 19.3 Å². The number of rotatable bonds is 5. The van der Waals surface area contributed by atoms with E-state index in [-0.39, 0.29) is 18.2 Å². The molecule has 6 nitrogen and oxygen atoms in total. The van der Waals surface area contributed by atoms with Crippen molar-refractivity contribution in [1.82, 2.24) is 15.0 Å². The van der Waals surface area contributed by atoms with Gasteiger partial charge in [-0.2, -0.15) is 0 Å². The van der Waals surface area contributed by atoms with Gasteiger partial charge in [-0.1, -0.05) is 47.7 Å². The molecule has 0 spiro atoms. The largest absolute Gasteiger partial charge is 0.392 e. The van der Waals surface area contributed by atoms with Crippen LogP contribution in [0.15, 0.2) is 54.7 Å². The Morgan fingerprint density at radius 1 is 1.17 bits per heavy atom. The standard InChI is InChI=1S/C18H18N4O2/c1-13-7-8-15(12-23)9-16(13)19-18(24)17-11-22(21-20-17)10-14-5-3-2-4-6-14/h2-9,11,23H,10,12H2,1H3,(H,19,24). The summed E-state index contributed by atoms with van der Waals surface area (Å²) in [5, 5.41) is 20.0. The molecule has 1 amide bonds. The van der Waals surface area contributed by atoms with Crippen molar-refractivity contribution in [3.8, 4) is 0 Å². The third-order valence-corrected chi connectivity index (χ3v) is 3.69. The fraction of sp³-hybridized carbons (Fsp3) is 0.167. The summed E-state index contributed by atoms with van der Waals surface area (Å²) in [6.45, 7) is 2.37. The van der Waals surface area contributed by atoms with Crippen LogP contribution in [0, 0.1) is 6.92 Å². The number of aromatic nitrogens is 3. The number of aryl methyl sites for hydroxylation is 1. The third kappa shape index (κ3) is 3.67. The first kappa shape index (κ1) is 15.9. The van der Waals surface area contributed by atoms with Gasteiger partial charge in [0.25, 0.3) is 5.91 Å². The Morgan fingerprint density at radius 2 is 1.96 bits per heavy atom. The molecule has 0 radical (unpaired) electrons. The number of benzene rings is 2. The van der Waals surface area contributed by atoms with E-state index in [4.69, 9.17) is 0 Å². The van der Waals surface area contributed by atoms with Gasteiger partial charge in [0.2, 0.25) is 0 Å². The van der Waals surface area contributed by atoms with Crippen molar-refractivity contribution >= 4 is 11.6 Å². The molecule has 0 unspecified atom stereocenters. The number of hydrogen-bond acceptors (Lipinski definition) is 4. The molecule has 0 saturated heterocycles. The number of amides is 1. The lowest BCUT2D eigenvalue weighted by atomic mass is 10.1. The second-order valence-electron chi connectivity index (χ2n) is 5.55. The van der Waals surface area contributed by atoms with Crippen molar-refractivity contribution in [2.75, 3.05) is 5.32 Å². The van der Waals surface area contributed by atoms with Crippen LogP contribution in [-0.2, 0) is 13.2 Å². The van der Waals surface area contributed by atoms with Crippen molar-refractivity contribution in [1.29, 1.82) is 0 Å². The summed E-state index contributed by atoms with van der Waals surface area (Å²) in [6.07, 6.45) is 1.62. The number of hydrogen-bond donors (Lipinski definition) is 2. The molecule has 3 rings (SSSR count). The Morgan fingerprint density at radius 3 is 2.71 bits per heavy atom. The summed E-state index contributed by atoms with van der Waals surface area (Å²) in [5.74, 6) is -0.326. The zero-order chi connectivity index (χ0) is 16.9. The summed E-state index contributed by atoms with van der Waals surface area (Å²) in [7, 11) is 0. The van der Waals surface area contributed by atoms with E-state index in [1.54, 1.807) is 16.9 Å². The van der Waals surface area contributed by atoms with Crippen molar-refractivity contribution < 1.29 is 9.90 Å². The zero-order valence-electron chi connectivity index (χ0n) is 13.3. The molecule has 6 heteroatoms. The van der Waals surface area contributed by atoms with E-state index in [0.717, 1.165) is 16.7 Å². The molecule has 3 aromatic rings. The lowest BCUT2D eigenvalue weighted by molar-refractivity contribution is 0.102. The smallest absolute Gasteiger partial charge is 0.277 e. The molecule has 0 saturated carbocycles. The quantitative estimate of drug-likeness (QED) is 0.756. The number of nitrogens with zero attached hydrogens (tertiary/aromatic N) is 3. The Bertz CT molecular complexity index is 843. The molecule has 24 heavy (non-hydrogen) atoms. The normalized spacial score (nSPS) is 10.6. The van der Waals surface area contributed by atoms with Gasteiger partial charge in [-0.25, -0.2) is 4.68 Å². The minimum Gasteiger partial charge on any atom is -0.392 e. The van der Waals surface area contributed by atoms with Crippen LogP contribution in [0.25, 0.3) is 0 Å². The van der Waals surface area contributed by atoms with Crippen molar-refractivity contribution in [2.45, 2.75) is 20.1 Å². The van der Waals surface area contributed by atoms with Gasteiger partial charge in [-0.05, 0) is 29.7 Å². The monoisotopic (exact) mass is 322 g/mol. The topological polar surface area (TPSA) is 80.0 Å². The molecular weight excluding hydrogens is 304 g/mol. The highest BCUT2D eigenvalue weighted by Gasteiger charge is 2.12. The lowest BCUT2D eigenvalue weighted by Gasteiger charge is -2.08. The Labute approximate surface area is 139 Å². The van der Waals surface area contributed by atoms with Crippen LogP contribution < -0.4 is 5.32 Å². The van der Waals surface area contributed by atoms with Crippen LogP contribution >= 0.6 is 0 Å². The lowest BCUT2D eigenvalue weighted by Crippen LogP contribution is -2.13. The van der Waals surface area contributed by atoms with Crippen LogP contribution in [0.1, 0.15) is 27.2 Å². The molecule has 0 aliphatic heterocycles. The number of anilines is 1. The van der Waals surface area contributed by atoms with E-state index in [9.17, 15) is 9.90 Å². The Hall–Kier alpha value is -2.99. The predicted molar refractivity (Wildman–Crippen MR) is 90.6 cm³/mol. The zero-order valence-corrected chi connectivity index (χ0v) is 13.3. The molecule has 0 bridgehead atoms. The summed E-state index contributed by atoms with van der Waals surface area (Å²) in [4.78, 5) is 12.3. The first-order valence-corrected chi connectivity index (χ1v) is 7.61. The number of nitrogens with one attached hydrogen (secondary N) is 1. The van der Waals surface area contributed by atoms with Crippen molar-refractivity contribution in [3.63, 3.8) is 0 Å². The summed E-state index contributed by atoms with van der Waals surface area (Å²) < 4.78 is 1.63. The fourth-order valence-corrected chi connectivity index (χ4v) is 2.34. The maximum atomic E-state index is 12.3. The molecular formula is C18H18N4O2. The molecule has 122 valence electrons. The van der Waals surface area contributed by atoms with Crippen molar-refractivity contribution in [2.24, 2.45) is 0 Å². The van der Waals surface area contributed by atoms with E-state index in [1.807, 2.05) is 49.4 Å². The van der Waals surface area contributed by atoms with Gasteiger partial charge in [-0.3, -0.25) is 4.79 Å². The molecule has 0 aliphatic rings. The third-order valence-electron chi connectivity index (χ3n) is 3.69. The van der Waals surface area contributed by atoms with Crippen LogP contribution in [0.3, 0.4) is 0 Å². The molecule has 2 aromatic carbocycles. The van der Waals surface area contributed by atoms with Gasteiger partial charge in [0.1, 0.15) is 0 Å². The average molecular weight is 322 g/mol. The highest BCUT2D eigenvalue weighted by Crippen LogP contribution is 2.17. The van der Waals surface area contributed by atoms with Crippen LogP contribution in [0.4, 0.5) is 5.69 Å². The minimum absolute atomic E-state index is 0.0730. The molecule has 0 atom stereocenters. The Kier molecular flexibility index (Phi) is 4.67. The van der Waals surface area contributed by atoms with Gasteiger partial charge >= 0.3 is 0 Å². The van der Waals surface area contributed by atoms with E-state index >= 15 is 0 Å². The maximum Gasteiger partial charge on any atom is 0.277 e. The van der Waals surface area contributed by atoms with Gasteiger partial charge in [-0.15, -0.1) is 5.10 Å². The maximum absolute atomic E-state index is 12.3. The number of carbonyl (C=O) groups excluding carboxylic acids is 1. The molecule has 0 fully saturated rings. The van der Waals surface area contributed by atoms with Crippen LogP contribution in [-0.4, -0.2) is 26.0 Å². The predicted octanol–water partition coefficient (Wildman–Crippen LogP) is 2.38. The molecule has 0 aliphatic carbocycles. The first-order chi connectivity index (χ1) is 11.7. The first-order valence-electron chi connectivity index (χ1n) is 7.61. The van der Waals surface area contributed by atoms with E-state index in [2.05, 4.69) is 15.6 Å². The van der Waals surface area contributed by atoms with Crippen LogP contribution in [0.5, 0.6) is 0 Å². The summed E-state index contributed by atoms with van der Waals surface area (Å²) >= 11 is 0. The van der Waals surface area contributed by atoms with Gasteiger partial charge in [0.15, 0.2) is 5.69 Å². The molecule has 1 heterocycles. The SMILES string of the molecule is Cc1ccc(CO)cc1NC(=O)c1cn(Cc2ccccc2)nn1. The van der Waals surface area contributed by atoms with E-state index < -0.39 is 0 Å². The average Bonchev–Trinajstić information content (AvgIpc) is 3.06.